The van der Waals surface area contributed by atoms with Gasteiger partial charge < -0.3 is 30.4 Å². The Morgan fingerprint density at radius 3 is 1.94 bits per heavy atom. The number of carboxylic acid groups (broad SMARTS) is 3. The molecular weight excluding hydrogens is 876 g/mol. The van der Waals surface area contributed by atoms with Gasteiger partial charge in [0.05, 0.1) is 30.1 Å². The lowest BCUT2D eigenvalue weighted by atomic mass is 9.82. The van der Waals surface area contributed by atoms with Gasteiger partial charge in [0.1, 0.15) is 23.6 Å². The number of hydrogen-bond acceptors (Lipinski definition) is 12. The van der Waals surface area contributed by atoms with E-state index in [1.54, 1.807) is 13.2 Å². The minimum atomic E-state index is -5.08. The van der Waals surface area contributed by atoms with Crippen LogP contribution >= 0.6 is 0 Å². The molecule has 0 atom stereocenters. The van der Waals surface area contributed by atoms with Crippen LogP contribution in [0.3, 0.4) is 0 Å². The lowest BCUT2D eigenvalue weighted by Gasteiger charge is -2.53. The molecule has 2 aliphatic rings. The Labute approximate surface area is 339 Å². The van der Waals surface area contributed by atoms with Gasteiger partial charge >= 0.3 is 42.6 Å². The molecule has 62 heavy (non-hydrogen) atoms. The van der Waals surface area contributed by atoms with E-state index in [4.69, 9.17) is 34.4 Å². The summed E-state index contributed by atoms with van der Waals surface area (Å²) in [6, 6.07) is 6.03. The number of H-pyrrole nitrogens is 1. The first-order valence-electron chi connectivity index (χ1n) is 17.2. The minimum Gasteiger partial charge on any atom is -0.475 e. The van der Waals surface area contributed by atoms with Crippen molar-refractivity contribution >= 4 is 28.9 Å². The largest absolute Gasteiger partial charge is 0.490 e. The third-order valence-electron chi connectivity index (χ3n) is 8.64. The fraction of sp³-hybridized carbons (Fsp3) is 0.485. The van der Waals surface area contributed by atoms with Gasteiger partial charge in [0.25, 0.3) is 0 Å². The molecule has 1 aliphatic carbocycles. The number of rotatable bonds is 8. The molecule has 2 fully saturated rings. The summed E-state index contributed by atoms with van der Waals surface area (Å²) in [6.07, 6.45) is -9.65. The lowest BCUT2D eigenvalue weighted by Crippen LogP contribution is -2.65. The number of nitriles is 1. The van der Waals surface area contributed by atoms with E-state index in [2.05, 4.69) is 46.3 Å². The molecule has 0 radical (unpaired) electrons. The second-order valence-corrected chi connectivity index (χ2v) is 13.1. The van der Waals surface area contributed by atoms with E-state index in [9.17, 15) is 57.9 Å². The highest BCUT2D eigenvalue weighted by Crippen LogP contribution is 2.39. The Kier molecular flexibility index (Phi) is 16.2. The number of nitrogens with one attached hydrogen (secondary N) is 2. The maximum atomic E-state index is 13.3. The Morgan fingerprint density at radius 1 is 0.903 bits per heavy atom. The van der Waals surface area contributed by atoms with Crippen LogP contribution in [-0.4, -0.2) is 124 Å². The third kappa shape index (κ3) is 13.9. The average molecular weight is 909 g/mol. The van der Waals surface area contributed by atoms with Crippen molar-refractivity contribution in [1.82, 2.24) is 44.9 Å². The normalized spacial score (nSPS) is 17.7. The number of aromatic nitrogens is 7. The van der Waals surface area contributed by atoms with Crippen LogP contribution in [0, 0.1) is 11.3 Å². The van der Waals surface area contributed by atoms with Crippen LogP contribution in [-0.2, 0) is 32.6 Å². The topological polar surface area (TPSA) is 245 Å². The molecule has 0 aromatic carbocycles. The summed E-state index contributed by atoms with van der Waals surface area (Å²) < 4.78 is 143. The molecule has 0 unspecified atom stereocenters. The number of halogens is 12. The molecule has 17 nitrogen and oxygen atoms in total. The van der Waals surface area contributed by atoms with Crippen molar-refractivity contribution < 1.29 is 87.1 Å². The first-order chi connectivity index (χ1) is 28.6. The predicted octanol–water partition coefficient (Wildman–Crippen LogP) is 5.56. The van der Waals surface area contributed by atoms with Gasteiger partial charge in [-0.1, -0.05) is 0 Å². The first kappa shape index (κ1) is 50.0. The number of aliphatic carboxylic acids is 3. The molecule has 6 rings (SSSR count). The van der Waals surface area contributed by atoms with Gasteiger partial charge in [-0.3, -0.25) is 9.58 Å². The fourth-order valence-electron chi connectivity index (χ4n) is 5.89. The molecule has 1 saturated heterocycles. The minimum absolute atomic E-state index is 0.0481. The zero-order chi connectivity index (χ0) is 46.8. The van der Waals surface area contributed by atoms with E-state index in [0.717, 1.165) is 35.1 Å². The molecule has 0 spiro atoms. The number of likely N-dealkylation sites (tertiary alicyclic amines) is 1. The number of fused-ring (bicyclic) bond motifs is 1. The number of carbonyl (C=O) groups is 3. The molecule has 4 aromatic heterocycles. The summed E-state index contributed by atoms with van der Waals surface area (Å²) in [5, 5.41) is 39.4. The molecule has 5 N–H and O–H groups in total. The van der Waals surface area contributed by atoms with Crippen LogP contribution in [0.5, 0.6) is 5.88 Å². The van der Waals surface area contributed by atoms with Gasteiger partial charge in [0.15, 0.2) is 0 Å². The number of aromatic amines is 1. The van der Waals surface area contributed by atoms with Crippen LogP contribution in [0.15, 0.2) is 37.1 Å². The van der Waals surface area contributed by atoms with Crippen molar-refractivity contribution in [3.8, 4) is 23.2 Å². The van der Waals surface area contributed by atoms with E-state index in [0.29, 0.717) is 38.4 Å². The summed E-state index contributed by atoms with van der Waals surface area (Å²) >= 11 is 0. The molecular formula is C33H32F12N10O7. The van der Waals surface area contributed by atoms with Crippen LogP contribution in [0.25, 0.3) is 22.3 Å². The summed E-state index contributed by atoms with van der Waals surface area (Å²) in [5.41, 5.74) is 2.20. The Bertz CT molecular complexity index is 2130. The van der Waals surface area contributed by atoms with Gasteiger partial charge in [-0.15, -0.1) is 0 Å². The number of ether oxygens (including phenoxy) is 1. The zero-order valence-corrected chi connectivity index (χ0v) is 31.4. The van der Waals surface area contributed by atoms with Crippen molar-refractivity contribution in [2.75, 3.05) is 20.1 Å². The van der Waals surface area contributed by atoms with Crippen molar-refractivity contribution in [3.05, 3.63) is 48.6 Å². The lowest BCUT2D eigenvalue weighted by molar-refractivity contribution is -0.193. The summed E-state index contributed by atoms with van der Waals surface area (Å²) in [6.45, 7) is 1.56. The molecule has 4 aromatic rings. The van der Waals surface area contributed by atoms with E-state index >= 15 is 0 Å². The Hall–Kier alpha value is -6.31. The highest BCUT2D eigenvalue weighted by atomic mass is 19.4. The summed E-state index contributed by atoms with van der Waals surface area (Å²) in [4.78, 5) is 48.1. The second kappa shape index (κ2) is 20.0. The number of carboxylic acids is 3. The predicted molar refractivity (Wildman–Crippen MR) is 182 cm³/mol. The summed E-state index contributed by atoms with van der Waals surface area (Å²) in [5.74, 6) is -9.51. The number of nitrogens with zero attached hydrogens (tertiary/aromatic N) is 8. The van der Waals surface area contributed by atoms with Crippen LogP contribution < -0.4 is 10.1 Å². The highest BCUT2D eigenvalue weighted by Gasteiger charge is 2.48. The number of alkyl halides is 12. The van der Waals surface area contributed by atoms with Crippen LogP contribution in [0.1, 0.15) is 43.6 Å². The van der Waals surface area contributed by atoms with Crippen molar-refractivity contribution in [1.29, 1.82) is 5.26 Å². The number of hydrogen-bond donors (Lipinski definition) is 5. The van der Waals surface area contributed by atoms with Crippen molar-refractivity contribution in [2.45, 2.75) is 81.0 Å². The van der Waals surface area contributed by atoms with E-state index < -0.39 is 54.0 Å². The van der Waals surface area contributed by atoms with Gasteiger partial charge in [0, 0.05) is 55.1 Å². The second-order valence-electron chi connectivity index (χ2n) is 13.1. The quantitative estimate of drug-likeness (QED) is 0.136. The highest BCUT2D eigenvalue weighted by molar-refractivity contribution is 5.90. The molecule has 340 valence electrons. The zero-order valence-electron chi connectivity index (χ0n) is 31.4. The maximum absolute atomic E-state index is 13.3. The Balaban J connectivity index is 0.000000403. The van der Waals surface area contributed by atoms with Crippen LogP contribution in [0.4, 0.5) is 52.7 Å². The monoisotopic (exact) mass is 908 g/mol. The van der Waals surface area contributed by atoms with Gasteiger partial charge in [-0.25, -0.2) is 29.3 Å². The first-order valence-corrected chi connectivity index (χ1v) is 17.2. The van der Waals surface area contributed by atoms with E-state index in [1.165, 1.54) is 12.4 Å². The average Bonchev–Trinajstić information content (AvgIpc) is 3.84. The summed E-state index contributed by atoms with van der Waals surface area (Å²) in [7, 11) is 1.64. The molecule has 29 heteroatoms. The van der Waals surface area contributed by atoms with E-state index in [1.807, 2.05) is 23.1 Å². The van der Waals surface area contributed by atoms with Crippen molar-refractivity contribution in [2.24, 2.45) is 0 Å². The molecule has 1 aliphatic heterocycles. The SMILES string of the molecule is CNCc1cc(OC2CCC(N3CC(CC#N)(n4cc(-c5ncnc6[nH]ccc56)cn4)C3)CC2)nc(C(F)(F)F)n1.O=C(O)C(F)(F)F.O=C(O)C(F)(F)F.O=C(O)C(F)(F)F. The molecule has 5 heterocycles. The van der Waals surface area contributed by atoms with Gasteiger partial charge in [-0.2, -0.15) is 68.0 Å². The van der Waals surface area contributed by atoms with Crippen molar-refractivity contribution in [3.63, 3.8) is 0 Å². The Morgan fingerprint density at radius 2 is 1.45 bits per heavy atom. The standard InChI is InChI=1S/C27H29F3N10O.3C2HF3O2/c1-32-12-18-10-22(38-25(37-18)27(28,29)30)41-20-4-2-19(3-5-20)39-14-26(15-39,7-8-31)40-13-17(11-36-40)23-21-6-9-33-24(21)35-16-34-23;3*3-2(4,5)1(6)7/h6,9-11,13,16,19-20,32H,2-5,7,12,14-15H2,1H3,(H,33,34,35);3*(H,6,7). The van der Waals surface area contributed by atoms with Gasteiger partial charge in [-0.05, 0) is 38.8 Å². The van der Waals surface area contributed by atoms with Crippen LogP contribution in [0.2, 0.25) is 0 Å². The smallest absolute Gasteiger partial charge is 0.475 e. The molecule has 0 amide bonds. The fourth-order valence-corrected chi connectivity index (χ4v) is 5.89. The van der Waals surface area contributed by atoms with E-state index in [-0.39, 0.29) is 24.2 Å². The van der Waals surface area contributed by atoms with Gasteiger partial charge in [0.2, 0.25) is 11.7 Å². The molecule has 0 bridgehead atoms. The third-order valence-corrected chi connectivity index (χ3v) is 8.64. The molecule has 1 saturated carbocycles. The maximum Gasteiger partial charge on any atom is 0.490 e.